The fourth-order valence-corrected chi connectivity index (χ4v) is 2.67. The number of ketones is 1. The molecule has 1 atom stereocenters. The van der Waals surface area contributed by atoms with Crippen molar-refractivity contribution >= 4 is 17.4 Å². The van der Waals surface area contributed by atoms with Gasteiger partial charge in [-0.25, -0.2) is 0 Å². The molecular formula is C19H27N5O2. The second-order valence-electron chi connectivity index (χ2n) is 6.40. The van der Waals surface area contributed by atoms with Crippen LogP contribution < -0.4 is 16.8 Å². The predicted octanol–water partition coefficient (Wildman–Crippen LogP) is 1.81. The molecule has 2 rings (SSSR count). The Labute approximate surface area is 153 Å². The highest BCUT2D eigenvalue weighted by atomic mass is 16.1. The maximum absolute atomic E-state index is 12.2. The summed E-state index contributed by atoms with van der Waals surface area (Å²) in [4.78, 5) is 24.0. The predicted molar refractivity (Wildman–Crippen MR) is 102 cm³/mol. The van der Waals surface area contributed by atoms with Crippen molar-refractivity contribution in [1.82, 2.24) is 15.5 Å². The normalized spacial score (nSPS) is 11.9. The van der Waals surface area contributed by atoms with Crippen LogP contribution in [0.15, 0.2) is 36.7 Å². The lowest BCUT2D eigenvalue weighted by Crippen LogP contribution is -2.30. The highest BCUT2D eigenvalue weighted by molar-refractivity contribution is 6.00. The number of nitrogen functional groups attached to an aromatic ring is 1. The molecule has 140 valence electrons. The third kappa shape index (κ3) is 6.68. The van der Waals surface area contributed by atoms with Crippen LogP contribution in [0.2, 0.25) is 0 Å². The molecule has 0 bridgehead atoms. The third-order valence-corrected chi connectivity index (χ3v) is 4.22. The van der Waals surface area contributed by atoms with Crippen molar-refractivity contribution < 1.29 is 9.59 Å². The summed E-state index contributed by atoms with van der Waals surface area (Å²) < 4.78 is 0. The topological polar surface area (TPSA) is 127 Å². The van der Waals surface area contributed by atoms with Gasteiger partial charge in [-0.1, -0.05) is 6.42 Å². The van der Waals surface area contributed by atoms with Crippen molar-refractivity contribution in [2.45, 2.75) is 44.6 Å². The summed E-state index contributed by atoms with van der Waals surface area (Å²) in [5.41, 5.74) is 13.9. The molecule has 2 aromatic rings. The Morgan fingerprint density at radius 1 is 1.15 bits per heavy atom. The molecule has 0 aliphatic carbocycles. The fourth-order valence-electron chi connectivity index (χ4n) is 2.67. The van der Waals surface area contributed by atoms with Crippen molar-refractivity contribution in [3.05, 3.63) is 47.8 Å². The average molecular weight is 357 g/mol. The molecule has 1 heterocycles. The number of rotatable bonds is 11. The van der Waals surface area contributed by atoms with Crippen LogP contribution in [0, 0.1) is 0 Å². The molecule has 1 aromatic carbocycles. The quantitative estimate of drug-likeness (QED) is 0.277. The molecule has 1 amide bonds. The van der Waals surface area contributed by atoms with E-state index in [0.717, 1.165) is 31.2 Å². The summed E-state index contributed by atoms with van der Waals surface area (Å²) in [5.74, 6) is -0.0516. The van der Waals surface area contributed by atoms with Gasteiger partial charge in [-0.3, -0.25) is 14.7 Å². The van der Waals surface area contributed by atoms with Gasteiger partial charge in [0.15, 0.2) is 5.78 Å². The summed E-state index contributed by atoms with van der Waals surface area (Å²) in [6.45, 7) is 0.652. The second kappa shape index (κ2) is 10.4. The number of Topliss-reactive ketones (excluding diaryl/α,β-unsaturated/α-hetero) is 1. The first kappa shape index (κ1) is 19.7. The minimum atomic E-state index is -0.545. The number of benzene rings is 1. The second-order valence-corrected chi connectivity index (χ2v) is 6.40. The molecule has 0 spiro atoms. The Morgan fingerprint density at radius 3 is 2.62 bits per heavy atom. The molecule has 7 heteroatoms. The molecule has 7 nitrogen and oxygen atoms in total. The Hall–Kier alpha value is -2.67. The number of aromatic nitrogens is 2. The van der Waals surface area contributed by atoms with Gasteiger partial charge in [0.05, 0.1) is 12.2 Å². The van der Waals surface area contributed by atoms with E-state index in [9.17, 15) is 9.59 Å². The summed E-state index contributed by atoms with van der Waals surface area (Å²) in [5, 5.41) is 9.56. The minimum Gasteiger partial charge on any atom is -0.399 e. The maximum Gasteiger partial charge on any atom is 0.219 e. The lowest BCUT2D eigenvalue weighted by Gasteiger charge is -2.11. The molecule has 26 heavy (non-hydrogen) atoms. The largest absolute Gasteiger partial charge is 0.399 e. The number of hydrogen-bond acceptors (Lipinski definition) is 5. The Kier molecular flexibility index (Phi) is 7.82. The average Bonchev–Trinajstić information content (AvgIpc) is 3.15. The number of aryl methyl sites for hydroxylation is 1. The van der Waals surface area contributed by atoms with Crippen molar-refractivity contribution in [3.63, 3.8) is 0 Å². The first-order chi connectivity index (χ1) is 12.6. The summed E-state index contributed by atoms with van der Waals surface area (Å²) in [6.07, 6.45) is 7.89. The molecule has 1 aromatic heterocycles. The van der Waals surface area contributed by atoms with Gasteiger partial charge < -0.3 is 16.8 Å². The zero-order valence-corrected chi connectivity index (χ0v) is 14.9. The van der Waals surface area contributed by atoms with Crippen LogP contribution in [0.25, 0.3) is 0 Å². The van der Waals surface area contributed by atoms with E-state index < -0.39 is 6.04 Å². The number of nitrogens with two attached hydrogens (primary N) is 2. The monoisotopic (exact) mass is 357 g/mol. The fraction of sp³-hybridized carbons (Fsp3) is 0.421. The number of carbonyl (C=O) groups excluding carboxylic acids is 2. The van der Waals surface area contributed by atoms with Crippen LogP contribution in [0.1, 0.15) is 48.0 Å². The van der Waals surface area contributed by atoms with Crippen molar-refractivity contribution in [2.24, 2.45) is 5.73 Å². The van der Waals surface area contributed by atoms with Crippen LogP contribution in [-0.2, 0) is 11.2 Å². The van der Waals surface area contributed by atoms with Gasteiger partial charge in [-0.15, -0.1) is 0 Å². The number of nitrogens with zero attached hydrogens (tertiary/aromatic N) is 1. The van der Waals surface area contributed by atoms with E-state index >= 15 is 0 Å². The first-order valence-electron chi connectivity index (χ1n) is 8.96. The van der Waals surface area contributed by atoms with Crippen LogP contribution in [0.3, 0.4) is 0 Å². The lowest BCUT2D eigenvalue weighted by atomic mass is 9.99. The standard InChI is InChI=1S/C19H27N5O2/c20-16-9-7-15(8-10-16)19(26)17(21)5-1-2-6-18(25)22-11-3-4-14-12-23-24-13-14/h7-10,12-13,17H,1-6,11,20-21H2,(H,22,25)(H,23,24). The molecule has 1 unspecified atom stereocenters. The van der Waals surface area contributed by atoms with E-state index in [0.29, 0.717) is 30.6 Å². The van der Waals surface area contributed by atoms with Crippen molar-refractivity contribution in [2.75, 3.05) is 12.3 Å². The van der Waals surface area contributed by atoms with E-state index in [1.54, 1.807) is 30.5 Å². The van der Waals surface area contributed by atoms with Gasteiger partial charge >= 0.3 is 0 Å². The number of carbonyl (C=O) groups is 2. The van der Waals surface area contributed by atoms with E-state index in [2.05, 4.69) is 15.5 Å². The summed E-state index contributed by atoms with van der Waals surface area (Å²) in [6, 6.07) is 6.22. The molecule has 0 saturated carbocycles. The van der Waals surface area contributed by atoms with Gasteiger partial charge in [0.25, 0.3) is 0 Å². The molecule has 0 fully saturated rings. The Morgan fingerprint density at radius 2 is 1.92 bits per heavy atom. The third-order valence-electron chi connectivity index (χ3n) is 4.22. The van der Waals surface area contributed by atoms with Crippen molar-refractivity contribution in [3.8, 4) is 0 Å². The lowest BCUT2D eigenvalue weighted by molar-refractivity contribution is -0.121. The zero-order chi connectivity index (χ0) is 18.8. The minimum absolute atomic E-state index is 0.0376. The van der Waals surface area contributed by atoms with Crippen molar-refractivity contribution in [1.29, 1.82) is 0 Å². The Balaban J connectivity index is 1.55. The van der Waals surface area contributed by atoms with E-state index in [4.69, 9.17) is 11.5 Å². The van der Waals surface area contributed by atoms with Gasteiger partial charge in [-0.2, -0.15) is 5.10 Å². The molecular weight excluding hydrogens is 330 g/mol. The van der Waals surface area contributed by atoms with Crippen LogP contribution in [0.4, 0.5) is 5.69 Å². The number of hydrogen-bond donors (Lipinski definition) is 4. The number of nitrogens with one attached hydrogen (secondary N) is 2. The van der Waals surface area contributed by atoms with Crippen LogP contribution >= 0.6 is 0 Å². The zero-order valence-electron chi connectivity index (χ0n) is 14.9. The summed E-state index contributed by atoms with van der Waals surface area (Å²) in [7, 11) is 0. The number of unbranched alkanes of at least 4 members (excludes halogenated alkanes) is 1. The van der Waals surface area contributed by atoms with Gasteiger partial charge in [-0.05, 0) is 55.5 Å². The van der Waals surface area contributed by atoms with Gasteiger partial charge in [0.1, 0.15) is 0 Å². The van der Waals surface area contributed by atoms with E-state index in [-0.39, 0.29) is 11.7 Å². The van der Waals surface area contributed by atoms with Gasteiger partial charge in [0.2, 0.25) is 5.91 Å². The molecule has 6 N–H and O–H groups in total. The molecule has 0 aliphatic heterocycles. The number of amides is 1. The van der Waals surface area contributed by atoms with Crippen LogP contribution in [-0.4, -0.2) is 34.5 Å². The van der Waals surface area contributed by atoms with E-state index in [1.165, 1.54) is 0 Å². The number of aromatic amines is 1. The molecule has 0 saturated heterocycles. The van der Waals surface area contributed by atoms with Crippen LogP contribution in [0.5, 0.6) is 0 Å². The smallest absolute Gasteiger partial charge is 0.219 e. The van der Waals surface area contributed by atoms with E-state index in [1.807, 2.05) is 6.20 Å². The molecule has 0 radical (unpaired) electrons. The highest BCUT2D eigenvalue weighted by Crippen LogP contribution is 2.11. The first-order valence-corrected chi connectivity index (χ1v) is 8.96. The Bertz CT molecular complexity index is 682. The summed E-state index contributed by atoms with van der Waals surface area (Å²) >= 11 is 0. The highest BCUT2D eigenvalue weighted by Gasteiger charge is 2.15. The van der Waals surface area contributed by atoms with Gasteiger partial charge in [0, 0.05) is 30.4 Å². The number of H-pyrrole nitrogens is 1. The number of anilines is 1. The SMILES string of the molecule is Nc1ccc(C(=O)C(N)CCCCC(=O)NCCCc2cn[nH]c2)cc1. The maximum atomic E-state index is 12.2. The molecule has 0 aliphatic rings.